The predicted octanol–water partition coefficient (Wildman–Crippen LogP) is 2.68. The lowest BCUT2D eigenvalue weighted by atomic mass is 10.0. The molecule has 0 saturated carbocycles. The van der Waals surface area contributed by atoms with Crippen molar-refractivity contribution in [1.29, 1.82) is 0 Å². The van der Waals surface area contributed by atoms with Gasteiger partial charge in [-0.2, -0.15) is 0 Å². The van der Waals surface area contributed by atoms with Gasteiger partial charge in [0.05, 0.1) is 35.9 Å². The highest BCUT2D eigenvalue weighted by Crippen LogP contribution is 2.26. The molecular formula is C26H32N3O3S+. The third-order valence-electron chi connectivity index (χ3n) is 6.38. The molecule has 7 heteroatoms. The molecule has 1 saturated heterocycles. The van der Waals surface area contributed by atoms with Gasteiger partial charge in [0.25, 0.3) is 5.56 Å². The molecule has 1 N–H and O–H groups in total. The Morgan fingerprint density at radius 3 is 2.67 bits per heavy atom. The summed E-state index contributed by atoms with van der Waals surface area (Å²) in [6.45, 7) is 11.1. The van der Waals surface area contributed by atoms with E-state index in [0.29, 0.717) is 28.2 Å². The van der Waals surface area contributed by atoms with Gasteiger partial charge < -0.3 is 9.64 Å². The zero-order valence-electron chi connectivity index (χ0n) is 19.6. The molecule has 1 fully saturated rings. The number of carbonyl (C=O) groups is 1. The number of ketones is 1. The third-order valence-corrected chi connectivity index (χ3v) is 7.47. The second-order valence-corrected chi connectivity index (χ2v) is 10.1. The molecular weight excluding hydrogens is 434 g/mol. The van der Waals surface area contributed by atoms with Crippen LogP contribution in [-0.4, -0.2) is 53.4 Å². The summed E-state index contributed by atoms with van der Waals surface area (Å²) >= 11 is 1.37. The van der Waals surface area contributed by atoms with Crippen LogP contribution in [-0.2, 0) is 11.3 Å². The van der Waals surface area contributed by atoms with Crippen LogP contribution in [0.15, 0.2) is 52.4 Å². The van der Waals surface area contributed by atoms with Crippen LogP contribution in [0.2, 0.25) is 0 Å². The van der Waals surface area contributed by atoms with Gasteiger partial charge in [0.2, 0.25) is 0 Å². The van der Waals surface area contributed by atoms with Gasteiger partial charge in [-0.3, -0.25) is 14.2 Å². The number of rotatable bonds is 8. The fourth-order valence-electron chi connectivity index (χ4n) is 4.17. The fourth-order valence-corrected chi connectivity index (χ4v) is 5.18. The van der Waals surface area contributed by atoms with Crippen molar-refractivity contribution in [1.82, 2.24) is 9.55 Å². The van der Waals surface area contributed by atoms with Crippen molar-refractivity contribution in [3.8, 4) is 0 Å². The van der Waals surface area contributed by atoms with E-state index in [-0.39, 0.29) is 16.6 Å². The Kier molecular flexibility index (Phi) is 7.63. The van der Waals surface area contributed by atoms with Gasteiger partial charge in [-0.05, 0) is 50.1 Å². The molecule has 0 bridgehead atoms. The summed E-state index contributed by atoms with van der Waals surface area (Å²) in [5.74, 6) is 0.0508. The van der Waals surface area contributed by atoms with Gasteiger partial charge >= 0.3 is 0 Å². The topological polar surface area (TPSA) is 65.6 Å². The van der Waals surface area contributed by atoms with Gasteiger partial charge in [-0.25, -0.2) is 4.98 Å². The lowest BCUT2D eigenvalue weighted by Gasteiger charge is -2.24. The van der Waals surface area contributed by atoms with Crippen LogP contribution >= 0.6 is 11.8 Å². The fraction of sp³-hybridized carbons (Fsp3) is 0.423. The number of hydrogen-bond acceptors (Lipinski definition) is 5. The largest absolute Gasteiger partial charge is 0.370 e. The minimum absolute atomic E-state index is 0.0362. The van der Waals surface area contributed by atoms with Crippen molar-refractivity contribution in [3.05, 3.63) is 69.5 Å². The van der Waals surface area contributed by atoms with E-state index in [0.717, 1.165) is 44.8 Å². The smallest absolute Gasteiger partial charge is 0.262 e. The van der Waals surface area contributed by atoms with E-state index in [2.05, 4.69) is 0 Å². The number of carbonyl (C=O) groups excluding carboxylic acids is 1. The first-order valence-electron chi connectivity index (χ1n) is 11.6. The molecule has 6 nitrogen and oxygen atoms in total. The Morgan fingerprint density at radius 2 is 1.91 bits per heavy atom. The molecule has 0 radical (unpaired) electrons. The number of hydrogen-bond donors (Lipinski definition) is 1. The number of aromatic nitrogens is 2. The Bertz CT molecular complexity index is 1200. The summed E-state index contributed by atoms with van der Waals surface area (Å²) in [6, 6.07) is 13.3. The number of fused-ring (bicyclic) bond motifs is 1. The van der Waals surface area contributed by atoms with E-state index in [4.69, 9.17) is 9.72 Å². The average molecular weight is 467 g/mol. The molecule has 0 aliphatic carbocycles. The van der Waals surface area contributed by atoms with Crippen molar-refractivity contribution in [2.24, 2.45) is 0 Å². The van der Waals surface area contributed by atoms with Crippen molar-refractivity contribution >= 4 is 28.4 Å². The second kappa shape index (κ2) is 10.6. The van der Waals surface area contributed by atoms with Crippen molar-refractivity contribution in [2.45, 2.75) is 44.1 Å². The van der Waals surface area contributed by atoms with Gasteiger partial charge in [0.15, 0.2) is 10.9 Å². The van der Waals surface area contributed by atoms with Gasteiger partial charge in [-0.15, -0.1) is 0 Å². The number of nitrogens with one attached hydrogen (secondary N) is 1. The monoisotopic (exact) mass is 466 g/mol. The SMILES string of the molecule is Cc1ccc(C(=O)[C@H](C)Sc2nc3ccccc3c(=O)n2CCC[NH+]2CCOCC2)cc1C. The highest BCUT2D eigenvalue weighted by atomic mass is 32.2. The zero-order chi connectivity index (χ0) is 23.4. The van der Waals surface area contributed by atoms with Crippen LogP contribution in [0, 0.1) is 13.8 Å². The summed E-state index contributed by atoms with van der Waals surface area (Å²) in [6.07, 6.45) is 0.877. The number of thioether (sulfide) groups is 1. The van der Waals surface area contributed by atoms with Crippen LogP contribution in [0.5, 0.6) is 0 Å². The zero-order valence-corrected chi connectivity index (χ0v) is 20.4. The second-order valence-electron chi connectivity index (χ2n) is 8.76. The summed E-state index contributed by atoms with van der Waals surface area (Å²) in [4.78, 5) is 32.8. The number of ether oxygens (including phenoxy) is 1. The summed E-state index contributed by atoms with van der Waals surface area (Å²) in [7, 11) is 0. The molecule has 2 aromatic carbocycles. The highest BCUT2D eigenvalue weighted by Gasteiger charge is 2.21. The van der Waals surface area contributed by atoms with Crippen LogP contribution < -0.4 is 10.5 Å². The predicted molar refractivity (Wildman–Crippen MR) is 133 cm³/mol. The number of para-hydroxylation sites is 1. The summed E-state index contributed by atoms with van der Waals surface area (Å²) < 4.78 is 7.21. The average Bonchev–Trinajstić information content (AvgIpc) is 2.83. The van der Waals surface area contributed by atoms with Crippen LogP contribution in [0.4, 0.5) is 0 Å². The molecule has 33 heavy (non-hydrogen) atoms. The number of Topliss-reactive ketones (excluding diaryl/α,β-unsaturated/α-hetero) is 1. The molecule has 0 spiro atoms. The summed E-state index contributed by atoms with van der Waals surface area (Å²) in [5.41, 5.74) is 3.60. The Morgan fingerprint density at radius 1 is 1.15 bits per heavy atom. The molecule has 1 aliphatic heterocycles. The van der Waals surface area contributed by atoms with Crippen molar-refractivity contribution < 1.29 is 14.4 Å². The lowest BCUT2D eigenvalue weighted by molar-refractivity contribution is -0.908. The van der Waals surface area contributed by atoms with Crippen LogP contribution in [0.3, 0.4) is 0 Å². The highest BCUT2D eigenvalue weighted by molar-refractivity contribution is 8.00. The molecule has 174 valence electrons. The number of nitrogens with zero attached hydrogens (tertiary/aromatic N) is 2. The molecule has 4 rings (SSSR count). The van der Waals surface area contributed by atoms with E-state index >= 15 is 0 Å². The Hall–Kier alpha value is -2.48. The number of morpholine rings is 1. The molecule has 1 atom stereocenters. The molecule has 1 aromatic heterocycles. The number of quaternary nitrogens is 1. The first-order chi connectivity index (χ1) is 15.9. The lowest BCUT2D eigenvalue weighted by Crippen LogP contribution is -3.14. The number of aryl methyl sites for hydroxylation is 2. The van der Waals surface area contributed by atoms with Crippen LogP contribution in [0.25, 0.3) is 10.9 Å². The van der Waals surface area contributed by atoms with E-state index in [9.17, 15) is 9.59 Å². The van der Waals surface area contributed by atoms with Crippen molar-refractivity contribution in [3.63, 3.8) is 0 Å². The molecule has 0 amide bonds. The molecule has 3 aromatic rings. The molecule has 0 unspecified atom stereocenters. The Labute approximate surface area is 199 Å². The standard InChI is InChI=1S/C26H31N3O3S/c1-18-9-10-21(17-19(18)2)24(30)20(3)33-26-27-23-8-5-4-7-22(23)25(31)29(26)12-6-11-28-13-15-32-16-14-28/h4-5,7-10,17,20H,6,11-16H2,1-3H3/p+1/t20-/m0/s1. The number of benzene rings is 2. The normalized spacial score (nSPS) is 15.6. The maximum Gasteiger partial charge on any atom is 0.262 e. The third kappa shape index (κ3) is 5.54. The quantitative estimate of drug-likeness (QED) is 0.314. The summed E-state index contributed by atoms with van der Waals surface area (Å²) in [5, 5.41) is 0.880. The van der Waals surface area contributed by atoms with E-state index in [1.54, 1.807) is 4.57 Å². The first kappa shape index (κ1) is 23.7. The first-order valence-corrected chi connectivity index (χ1v) is 12.5. The van der Waals surface area contributed by atoms with E-state index < -0.39 is 0 Å². The van der Waals surface area contributed by atoms with Crippen LogP contribution in [0.1, 0.15) is 34.8 Å². The molecule has 2 heterocycles. The molecule has 1 aliphatic rings. The minimum Gasteiger partial charge on any atom is -0.370 e. The van der Waals surface area contributed by atoms with E-state index in [1.165, 1.54) is 22.2 Å². The maximum absolute atomic E-state index is 13.3. The maximum atomic E-state index is 13.3. The van der Waals surface area contributed by atoms with Gasteiger partial charge in [-0.1, -0.05) is 36.0 Å². The van der Waals surface area contributed by atoms with E-state index in [1.807, 2.05) is 63.2 Å². The van der Waals surface area contributed by atoms with Gasteiger partial charge in [0, 0.05) is 18.5 Å². The van der Waals surface area contributed by atoms with Gasteiger partial charge in [0.1, 0.15) is 13.1 Å². The van der Waals surface area contributed by atoms with Crippen molar-refractivity contribution in [2.75, 3.05) is 32.8 Å². The minimum atomic E-state index is -0.351. The Balaban J connectivity index is 1.57.